The third kappa shape index (κ3) is 2.96. The Balaban J connectivity index is 2.44. The van der Waals surface area contributed by atoms with Crippen molar-refractivity contribution in [1.29, 1.82) is 0 Å². The van der Waals surface area contributed by atoms with Crippen LogP contribution in [0.3, 0.4) is 0 Å². The molecule has 0 bridgehead atoms. The van der Waals surface area contributed by atoms with E-state index in [-0.39, 0.29) is 17.4 Å². The number of hydrogen-bond donors (Lipinski definition) is 2. The van der Waals surface area contributed by atoms with Crippen molar-refractivity contribution in [1.82, 2.24) is 5.32 Å². The molecule has 14 heavy (non-hydrogen) atoms. The highest BCUT2D eigenvalue weighted by molar-refractivity contribution is 5.79. The number of nitrogens with two attached hydrogens (primary N) is 1. The summed E-state index contributed by atoms with van der Waals surface area (Å²) in [4.78, 5) is 11.6. The molecule has 1 aliphatic heterocycles. The van der Waals surface area contributed by atoms with Gasteiger partial charge < -0.3 is 15.8 Å². The Hall–Kier alpha value is -0.610. The van der Waals surface area contributed by atoms with E-state index in [1.54, 1.807) is 0 Å². The molecule has 1 atom stereocenters. The molecule has 3 N–H and O–H groups in total. The van der Waals surface area contributed by atoms with Gasteiger partial charge >= 0.3 is 0 Å². The molecule has 1 heterocycles. The fourth-order valence-electron chi connectivity index (χ4n) is 1.47. The summed E-state index contributed by atoms with van der Waals surface area (Å²) in [5.41, 5.74) is 5.34. The minimum atomic E-state index is -0.102. The van der Waals surface area contributed by atoms with Crippen LogP contribution in [0.4, 0.5) is 0 Å². The average Bonchev–Trinajstić information content (AvgIpc) is 2.17. The predicted molar refractivity (Wildman–Crippen MR) is 54.8 cm³/mol. The second-order valence-corrected chi connectivity index (χ2v) is 4.30. The summed E-state index contributed by atoms with van der Waals surface area (Å²) >= 11 is 0. The van der Waals surface area contributed by atoms with Crippen molar-refractivity contribution in [3.05, 3.63) is 0 Å². The topological polar surface area (TPSA) is 64.4 Å². The molecule has 1 fully saturated rings. The zero-order chi connectivity index (χ0) is 10.6. The Labute approximate surface area is 85.2 Å². The smallest absolute Gasteiger partial charge is 0.224 e. The van der Waals surface area contributed by atoms with Crippen molar-refractivity contribution in [2.45, 2.75) is 32.2 Å². The highest BCUT2D eigenvalue weighted by atomic mass is 16.5. The van der Waals surface area contributed by atoms with E-state index in [0.717, 1.165) is 26.1 Å². The standard InChI is InChI=1S/C10H20N2O2/c1-8(7-11)9(13)12-10(2)3-5-14-6-4-10/h8H,3-7,11H2,1-2H3,(H,12,13). The molecule has 0 aromatic heterocycles. The molecular weight excluding hydrogens is 180 g/mol. The second-order valence-electron chi connectivity index (χ2n) is 4.30. The van der Waals surface area contributed by atoms with Crippen molar-refractivity contribution >= 4 is 5.91 Å². The summed E-state index contributed by atoms with van der Waals surface area (Å²) in [6, 6.07) is 0. The van der Waals surface area contributed by atoms with Crippen molar-refractivity contribution in [3.8, 4) is 0 Å². The fraction of sp³-hybridized carbons (Fsp3) is 0.900. The van der Waals surface area contributed by atoms with E-state index >= 15 is 0 Å². The van der Waals surface area contributed by atoms with Crippen molar-refractivity contribution in [2.75, 3.05) is 19.8 Å². The molecule has 0 saturated carbocycles. The maximum absolute atomic E-state index is 11.6. The largest absolute Gasteiger partial charge is 0.381 e. The molecule has 4 heteroatoms. The third-order valence-corrected chi connectivity index (χ3v) is 2.82. The van der Waals surface area contributed by atoms with Crippen LogP contribution >= 0.6 is 0 Å². The van der Waals surface area contributed by atoms with Gasteiger partial charge in [0.15, 0.2) is 0 Å². The van der Waals surface area contributed by atoms with E-state index in [1.807, 2.05) is 6.92 Å². The van der Waals surface area contributed by atoms with Gasteiger partial charge in [0.25, 0.3) is 0 Å². The van der Waals surface area contributed by atoms with Crippen LogP contribution in [0.15, 0.2) is 0 Å². The lowest BCUT2D eigenvalue weighted by molar-refractivity contribution is -0.127. The summed E-state index contributed by atoms with van der Waals surface area (Å²) in [6.07, 6.45) is 1.77. The molecule has 0 spiro atoms. The van der Waals surface area contributed by atoms with Crippen LogP contribution in [0.5, 0.6) is 0 Å². The Bertz CT molecular complexity index is 200. The SMILES string of the molecule is CC(CN)C(=O)NC1(C)CCOCC1. The Morgan fingerprint density at radius 2 is 2.14 bits per heavy atom. The van der Waals surface area contributed by atoms with Gasteiger partial charge in [0.1, 0.15) is 0 Å². The Morgan fingerprint density at radius 1 is 1.57 bits per heavy atom. The maximum Gasteiger partial charge on any atom is 0.224 e. The summed E-state index contributed by atoms with van der Waals surface area (Å²) in [6.45, 7) is 5.77. The van der Waals surface area contributed by atoms with Gasteiger partial charge in [-0.25, -0.2) is 0 Å². The van der Waals surface area contributed by atoms with Gasteiger partial charge in [-0.05, 0) is 19.8 Å². The molecule has 0 aromatic carbocycles. The molecule has 1 saturated heterocycles. The molecule has 0 aliphatic carbocycles. The normalized spacial score (nSPS) is 22.8. The van der Waals surface area contributed by atoms with Crippen LogP contribution < -0.4 is 11.1 Å². The van der Waals surface area contributed by atoms with Crippen molar-refractivity contribution in [3.63, 3.8) is 0 Å². The predicted octanol–water partition coefficient (Wildman–Crippen LogP) is 0.267. The van der Waals surface area contributed by atoms with Crippen molar-refractivity contribution in [2.24, 2.45) is 11.7 Å². The van der Waals surface area contributed by atoms with E-state index in [0.29, 0.717) is 6.54 Å². The van der Waals surface area contributed by atoms with Crippen LogP contribution in [0.25, 0.3) is 0 Å². The zero-order valence-corrected chi connectivity index (χ0v) is 9.01. The fourth-order valence-corrected chi connectivity index (χ4v) is 1.47. The van der Waals surface area contributed by atoms with Crippen LogP contribution in [-0.4, -0.2) is 31.2 Å². The number of amides is 1. The van der Waals surface area contributed by atoms with Gasteiger partial charge in [0, 0.05) is 31.2 Å². The van der Waals surface area contributed by atoms with Crippen LogP contribution in [0.2, 0.25) is 0 Å². The Morgan fingerprint density at radius 3 is 2.64 bits per heavy atom. The zero-order valence-electron chi connectivity index (χ0n) is 9.01. The summed E-state index contributed by atoms with van der Waals surface area (Å²) in [5.74, 6) is -0.0495. The highest BCUT2D eigenvalue weighted by Crippen LogP contribution is 2.19. The number of rotatable bonds is 3. The lowest BCUT2D eigenvalue weighted by Gasteiger charge is -2.35. The average molecular weight is 200 g/mol. The molecule has 0 aromatic rings. The minimum Gasteiger partial charge on any atom is -0.381 e. The first-order chi connectivity index (χ1) is 6.57. The van der Waals surface area contributed by atoms with E-state index in [9.17, 15) is 4.79 Å². The van der Waals surface area contributed by atoms with E-state index < -0.39 is 0 Å². The van der Waals surface area contributed by atoms with Crippen LogP contribution in [0, 0.1) is 5.92 Å². The number of hydrogen-bond acceptors (Lipinski definition) is 3. The molecule has 82 valence electrons. The summed E-state index contributed by atoms with van der Waals surface area (Å²) in [5, 5.41) is 3.05. The minimum absolute atomic E-state index is 0.0527. The van der Waals surface area contributed by atoms with Gasteiger partial charge in [-0.2, -0.15) is 0 Å². The van der Waals surface area contributed by atoms with Crippen LogP contribution in [0.1, 0.15) is 26.7 Å². The molecule has 1 rings (SSSR count). The number of ether oxygens (including phenoxy) is 1. The third-order valence-electron chi connectivity index (χ3n) is 2.82. The van der Waals surface area contributed by atoms with Gasteiger partial charge in [-0.15, -0.1) is 0 Å². The lowest BCUT2D eigenvalue weighted by Crippen LogP contribution is -2.51. The van der Waals surface area contributed by atoms with Gasteiger partial charge in [-0.1, -0.05) is 6.92 Å². The summed E-state index contributed by atoms with van der Waals surface area (Å²) < 4.78 is 5.26. The number of carbonyl (C=O) groups is 1. The summed E-state index contributed by atoms with van der Waals surface area (Å²) in [7, 11) is 0. The first kappa shape index (κ1) is 11.5. The second kappa shape index (κ2) is 4.75. The highest BCUT2D eigenvalue weighted by Gasteiger charge is 2.29. The monoisotopic (exact) mass is 200 g/mol. The molecule has 0 radical (unpaired) electrons. The van der Waals surface area contributed by atoms with E-state index in [2.05, 4.69) is 12.2 Å². The van der Waals surface area contributed by atoms with Crippen LogP contribution in [-0.2, 0) is 9.53 Å². The molecule has 1 amide bonds. The lowest BCUT2D eigenvalue weighted by atomic mass is 9.91. The van der Waals surface area contributed by atoms with E-state index in [1.165, 1.54) is 0 Å². The molecule has 1 unspecified atom stereocenters. The first-order valence-electron chi connectivity index (χ1n) is 5.17. The van der Waals surface area contributed by atoms with Gasteiger partial charge in [0.05, 0.1) is 0 Å². The Kier molecular flexibility index (Phi) is 3.89. The van der Waals surface area contributed by atoms with Gasteiger partial charge in [-0.3, -0.25) is 4.79 Å². The quantitative estimate of drug-likeness (QED) is 0.687. The van der Waals surface area contributed by atoms with Crippen molar-refractivity contribution < 1.29 is 9.53 Å². The molecular formula is C10H20N2O2. The maximum atomic E-state index is 11.6. The molecule has 1 aliphatic rings. The number of carbonyl (C=O) groups excluding carboxylic acids is 1. The van der Waals surface area contributed by atoms with E-state index in [4.69, 9.17) is 10.5 Å². The first-order valence-corrected chi connectivity index (χ1v) is 5.17. The molecule has 4 nitrogen and oxygen atoms in total. The number of nitrogens with one attached hydrogen (secondary N) is 1. The van der Waals surface area contributed by atoms with Gasteiger partial charge in [0.2, 0.25) is 5.91 Å².